The van der Waals surface area contributed by atoms with E-state index >= 15 is 0 Å². The average molecular weight is 347 g/mol. The lowest BCUT2D eigenvalue weighted by Crippen LogP contribution is -2.07. The molecule has 5 nitrogen and oxygen atoms in total. The molecule has 1 N–H and O–H groups in total. The summed E-state index contributed by atoms with van der Waals surface area (Å²) >= 11 is 0. The minimum atomic E-state index is -3.27. The third kappa shape index (κ3) is 2.99. The van der Waals surface area contributed by atoms with E-state index in [1.807, 2.05) is 6.07 Å². The summed E-state index contributed by atoms with van der Waals surface area (Å²) in [6.07, 6.45) is 1.20. The molecule has 0 amide bonds. The third-order valence-corrected chi connectivity index (χ3v) is 5.20. The van der Waals surface area contributed by atoms with Crippen molar-refractivity contribution in [2.24, 2.45) is 7.05 Å². The SMILES string of the molecule is Cc1ccc(CNc2nc3c(F)cccc3n2C)cc1S(C)(=O)=O. The Morgan fingerprint density at radius 3 is 2.67 bits per heavy atom. The van der Waals surface area contributed by atoms with E-state index in [-0.39, 0.29) is 5.82 Å². The minimum absolute atomic E-state index is 0.309. The Morgan fingerprint density at radius 1 is 1.25 bits per heavy atom. The quantitative estimate of drug-likeness (QED) is 0.788. The van der Waals surface area contributed by atoms with Crippen LogP contribution in [0.2, 0.25) is 0 Å². The van der Waals surface area contributed by atoms with Gasteiger partial charge in [-0.15, -0.1) is 0 Å². The van der Waals surface area contributed by atoms with Crippen LogP contribution in [0.3, 0.4) is 0 Å². The number of hydrogen-bond donors (Lipinski definition) is 1. The fraction of sp³-hybridized carbons (Fsp3) is 0.235. The topological polar surface area (TPSA) is 64.0 Å². The number of imidazole rings is 1. The molecule has 126 valence electrons. The van der Waals surface area contributed by atoms with Crippen LogP contribution in [-0.2, 0) is 23.4 Å². The number of benzene rings is 2. The molecule has 0 aliphatic heterocycles. The lowest BCUT2D eigenvalue weighted by molar-refractivity contribution is 0.601. The smallest absolute Gasteiger partial charge is 0.203 e. The van der Waals surface area contributed by atoms with Crippen molar-refractivity contribution in [3.63, 3.8) is 0 Å². The number of nitrogens with one attached hydrogen (secondary N) is 1. The van der Waals surface area contributed by atoms with E-state index in [1.54, 1.807) is 42.8 Å². The van der Waals surface area contributed by atoms with E-state index in [4.69, 9.17) is 0 Å². The van der Waals surface area contributed by atoms with Crippen molar-refractivity contribution in [1.29, 1.82) is 0 Å². The molecule has 3 rings (SSSR count). The van der Waals surface area contributed by atoms with E-state index in [0.29, 0.717) is 34.0 Å². The number of anilines is 1. The Morgan fingerprint density at radius 2 is 2.00 bits per heavy atom. The van der Waals surface area contributed by atoms with Gasteiger partial charge in [0.25, 0.3) is 0 Å². The van der Waals surface area contributed by atoms with Crippen LogP contribution >= 0.6 is 0 Å². The maximum atomic E-state index is 13.8. The first-order valence-electron chi connectivity index (χ1n) is 7.42. The molecule has 1 aromatic heterocycles. The van der Waals surface area contributed by atoms with Crippen LogP contribution in [0.1, 0.15) is 11.1 Å². The molecule has 0 saturated carbocycles. The molecule has 2 aromatic carbocycles. The summed E-state index contributed by atoms with van der Waals surface area (Å²) in [6.45, 7) is 2.16. The monoisotopic (exact) mass is 347 g/mol. The molecule has 0 aliphatic rings. The molecule has 0 atom stereocenters. The maximum Gasteiger partial charge on any atom is 0.203 e. The fourth-order valence-electron chi connectivity index (χ4n) is 2.67. The summed E-state index contributed by atoms with van der Waals surface area (Å²) in [5, 5.41) is 3.13. The number of sulfone groups is 1. The second kappa shape index (κ2) is 5.90. The molecule has 24 heavy (non-hydrogen) atoms. The van der Waals surface area contributed by atoms with E-state index in [2.05, 4.69) is 10.3 Å². The highest BCUT2D eigenvalue weighted by Gasteiger charge is 2.13. The summed E-state index contributed by atoms with van der Waals surface area (Å²) in [4.78, 5) is 4.59. The predicted molar refractivity (Wildman–Crippen MR) is 92.3 cm³/mol. The maximum absolute atomic E-state index is 13.8. The molecule has 7 heteroatoms. The van der Waals surface area contributed by atoms with Gasteiger partial charge < -0.3 is 9.88 Å². The molecular formula is C17H18FN3O2S. The number of para-hydroxylation sites is 1. The lowest BCUT2D eigenvalue weighted by atomic mass is 10.1. The zero-order valence-electron chi connectivity index (χ0n) is 13.7. The minimum Gasteiger partial charge on any atom is -0.352 e. The van der Waals surface area contributed by atoms with Gasteiger partial charge in [0.1, 0.15) is 5.52 Å². The number of nitrogens with zero attached hydrogens (tertiary/aromatic N) is 2. The molecule has 0 bridgehead atoms. The van der Waals surface area contributed by atoms with Crippen molar-refractivity contribution in [1.82, 2.24) is 9.55 Å². The van der Waals surface area contributed by atoms with Gasteiger partial charge in [-0.25, -0.2) is 17.8 Å². The normalized spacial score (nSPS) is 11.8. The van der Waals surface area contributed by atoms with Crippen molar-refractivity contribution in [2.45, 2.75) is 18.4 Å². The van der Waals surface area contributed by atoms with Gasteiger partial charge >= 0.3 is 0 Å². The molecular weight excluding hydrogens is 329 g/mol. The molecule has 0 fully saturated rings. The Bertz CT molecular complexity index is 1030. The summed E-state index contributed by atoms with van der Waals surface area (Å²) in [7, 11) is -1.47. The van der Waals surface area contributed by atoms with Gasteiger partial charge in [0.15, 0.2) is 15.7 Å². The van der Waals surface area contributed by atoms with Crippen LogP contribution in [0.5, 0.6) is 0 Å². The van der Waals surface area contributed by atoms with Gasteiger partial charge in [-0.2, -0.15) is 0 Å². The fourth-order valence-corrected chi connectivity index (χ4v) is 3.69. The number of rotatable bonds is 4. The Balaban J connectivity index is 1.89. The first-order valence-corrected chi connectivity index (χ1v) is 9.31. The summed E-state index contributed by atoms with van der Waals surface area (Å²) < 4.78 is 39.2. The highest BCUT2D eigenvalue weighted by Crippen LogP contribution is 2.22. The van der Waals surface area contributed by atoms with Crippen LogP contribution in [0.25, 0.3) is 11.0 Å². The van der Waals surface area contributed by atoms with Gasteiger partial charge in [-0.1, -0.05) is 18.2 Å². The van der Waals surface area contributed by atoms with E-state index in [9.17, 15) is 12.8 Å². The van der Waals surface area contributed by atoms with Gasteiger partial charge in [0.05, 0.1) is 10.4 Å². The largest absolute Gasteiger partial charge is 0.352 e. The lowest BCUT2D eigenvalue weighted by Gasteiger charge is -2.09. The third-order valence-electron chi connectivity index (χ3n) is 3.96. The number of aryl methyl sites for hydroxylation is 2. The standard InChI is InChI=1S/C17H18FN3O2S/c1-11-7-8-12(9-15(11)24(3,22)23)10-19-17-20-16-13(18)5-4-6-14(16)21(17)2/h4-9H,10H2,1-3H3,(H,19,20). The first-order chi connectivity index (χ1) is 11.3. The second-order valence-corrected chi connectivity index (χ2v) is 7.81. The zero-order chi connectivity index (χ0) is 17.5. The molecule has 0 saturated heterocycles. The van der Waals surface area contributed by atoms with E-state index in [0.717, 1.165) is 5.56 Å². The number of halogens is 1. The highest BCUT2D eigenvalue weighted by atomic mass is 32.2. The van der Waals surface area contributed by atoms with E-state index in [1.165, 1.54) is 12.3 Å². The van der Waals surface area contributed by atoms with Crippen molar-refractivity contribution in [2.75, 3.05) is 11.6 Å². The Labute approximate surface area is 140 Å². The Hall–Kier alpha value is -2.41. The highest BCUT2D eigenvalue weighted by molar-refractivity contribution is 7.90. The average Bonchev–Trinajstić information content (AvgIpc) is 2.84. The van der Waals surface area contributed by atoms with Crippen molar-refractivity contribution >= 4 is 26.8 Å². The summed E-state index contributed by atoms with van der Waals surface area (Å²) in [5.74, 6) is 0.155. The van der Waals surface area contributed by atoms with Gasteiger partial charge in [0, 0.05) is 19.8 Å². The van der Waals surface area contributed by atoms with Gasteiger partial charge in [0.2, 0.25) is 5.95 Å². The number of fused-ring (bicyclic) bond motifs is 1. The van der Waals surface area contributed by atoms with Crippen LogP contribution in [0.4, 0.5) is 10.3 Å². The molecule has 0 aliphatic carbocycles. The van der Waals surface area contributed by atoms with Crippen molar-refractivity contribution in [3.8, 4) is 0 Å². The summed E-state index contributed by atoms with van der Waals surface area (Å²) in [5.41, 5.74) is 2.53. The van der Waals surface area contributed by atoms with Gasteiger partial charge in [-0.3, -0.25) is 0 Å². The molecule has 3 aromatic rings. The first kappa shape index (κ1) is 16.4. The number of hydrogen-bond acceptors (Lipinski definition) is 4. The van der Waals surface area contributed by atoms with Crippen molar-refractivity contribution < 1.29 is 12.8 Å². The Kier molecular flexibility index (Phi) is 4.04. The van der Waals surface area contributed by atoms with E-state index < -0.39 is 9.84 Å². The second-order valence-electron chi connectivity index (χ2n) is 5.83. The van der Waals surface area contributed by atoms with Gasteiger partial charge in [-0.05, 0) is 36.2 Å². The predicted octanol–water partition coefficient (Wildman–Crippen LogP) is 3.04. The van der Waals surface area contributed by atoms with Crippen LogP contribution < -0.4 is 5.32 Å². The van der Waals surface area contributed by atoms with Crippen LogP contribution in [0.15, 0.2) is 41.3 Å². The van der Waals surface area contributed by atoms with Crippen molar-refractivity contribution in [3.05, 3.63) is 53.3 Å². The van der Waals surface area contributed by atoms with Crippen LogP contribution in [-0.4, -0.2) is 24.2 Å². The van der Waals surface area contributed by atoms with Crippen LogP contribution in [0, 0.1) is 12.7 Å². The molecule has 0 radical (unpaired) electrons. The molecule has 1 heterocycles. The number of aromatic nitrogens is 2. The molecule has 0 spiro atoms. The summed E-state index contributed by atoms with van der Waals surface area (Å²) in [6, 6.07) is 10.1. The molecule has 0 unspecified atom stereocenters. The zero-order valence-corrected chi connectivity index (χ0v) is 14.5.